The van der Waals surface area contributed by atoms with Gasteiger partial charge in [0.2, 0.25) is 0 Å². The van der Waals surface area contributed by atoms with Crippen molar-refractivity contribution >= 4 is 17.3 Å². The molecule has 21 heavy (non-hydrogen) atoms. The molecule has 1 fully saturated rings. The van der Waals surface area contributed by atoms with Crippen molar-refractivity contribution in [2.24, 2.45) is 5.73 Å². The van der Waals surface area contributed by atoms with Crippen LogP contribution in [0, 0.1) is 0 Å². The molecule has 0 aromatic heterocycles. The van der Waals surface area contributed by atoms with E-state index in [0.717, 1.165) is 23.6 Å². The fourth-order valence-electron chi connectivity index (χ4n) is 3.10. The lowest BCUT2D eigenvalue weighted by Gasteiger charge is -2.37. The van der Waals surface area contributed by atoms with Crippen LogP contribution in [0.4, 0.5) is 5.69 Å². The Hall–Kier alpha value is -0.770. The number of likely N-dealkylation sites (tertiary alicyclic amines) is 1. The molecule has 4 heteroatoms. The quantitative estimate of drug-likeness (QED) is 0.907. The maximum absolute atomic E-state index is 6.41. The number of nitrogens with zero attached hydrogens (tertiary/aromatic N) is 2. The summed E-state index contributed by atoms with van der Waals surface area (Å²) >= 11 is 6.41. The summed E-state index contributed by atoms with van der Waals surface area (Å²) in [4.78, 5) is 4.90. The Kier molecular flexibility index (Phi) is 5.91. The minimum atomic E-state index is 0.143. The van der Waals surface area contributed by atoms with Crippen LogP contribution in [-0.4, -0.2) is 43.7 Å². The maximum Gasteiger partial charge on any atom is 0.0459 e. The highest BCUT2D eigenvalue weighted by Crippen LogP contribution is 2.27. The van der Waals surface area contributed by atoms with Gasteiger partial charge in [0.15, 0.2) is 0 Å². The van der Waals surface area contributed by atoms with Gasteiger partial charge in [-0.05, 0) is 50.4 Å². The standard InChI is InChI=1S/C17H28ClN3/c1-4-21-9-7-15(8-10-21)20(3)16-6-5-14(11-13(2)19)17(18)12-16/h5-6,12-13,15H,4,7-11,19H2,1-3H3. The van der Waals surface area contributed by atoms with E-state index in [0.29, 0.717) is 6.04 Å². The van der Waals surface area contributed by atoms with Crippen LogP contribution in [0.2, 0.25) is 5.02 Å². The van der Waals surface area contributed by atoms with E-state index in [1.807, 2.05) is 6.92 Å². The highest BCUT2D eigenvalue weighted by molar-refractivity contribution is 6.31. The number of halogens is 1. The minimum absolute atomic E-state index is 0.143. The number of hydrogen-bond donors (Lipinski definition) is 1. The summed E-state index contributed by atoms with van der Waals surface area (Å²) in [5.41, 5.74) is 8.22. The first-order valence-corrected chi connectivity index (χ1v) is 8.38. The van der Waals surface area contributed by atoms with Crippen molar-refractivity contribution in [2.45, 2.75) is 45.2 Å². The van der Waals surface area contributed by atoms with Crippen LogP contribution >= 0.6 is 11.6 Å². The van der Waals surface area contributed by atoms with Gasteiger partial charge in [-0.1, -0.05) is 24.6 Å². The van der Waals surface area contributed by atoms with Crippen molar-refractivity contribution in [3.05, 3.63) is 28.8 Å². The zero-order chi connectivity index (χ0) is 15.4. The molecule has 1 heterocycles. The SMILES string of the molecule is CCN1CCC(N(C)c2ccc(CC(C)N)c(Cl)c2)CC1. The largest absolute Gasteiger partial charge is 0.371 e. The second-order valence-electron chi connectivity index (χ2n) is 6.23. The Morgan fingerprint density at radius 1 is 1.38 bits per heavy atom. The average Bonchev–Trinajstić information content (AvgIpc) is 2.48. The monoisotopic (exact) mass is 309 g/mol. The predicted molar refractivity (Wildman–Crippen MR) is 92.3 cm³/mol. The molecule has 0 aliphatic carbocycles. The summed E-state index contributed by atoms with van der Waals surface area (Å²) in [6, 6.07) is 7.15. The Bertz CT molecular complexity index is 453. The van der Waals surface area contributed by atoms with Crippen LogP contribution in [-0.2, 0) is 6.42 Å². The van der Waals surface area contributed by atoms with E-state index in [4.69, 9.17) is 17.3 Å². The summed E-state index contributed by atoms with van der Waals surface area (Å²) in [6.45, 7) is 7.80. The molecule has 0 radical (unpaired) electrons. The zero-order valence-electron chi connectivity index (χ0n) is 13.5. The van der Waals surface area contributed by atoms with Crippen LogP contribution in [0.1, 0.15) is 32.3 Å². The number of nitrogens with two attached hydrogens (primary N) is 1. The molecule has 1 aliphatic heterocycles. The van der Waals surface area contributed by atoms with Crippen LogP contribution in [0.25, 0.3) is 0 Å². The normalized spacial score (nSPS) is 18.7. The zero-order valence-corrected chi connectivity index (χ0v) is 14.2. The molecule has 1 saturated heterocycles. The van der Waals surface area contributed by atoms with Crippen molar-refractivity contribution in [1.82, 2.24) is 4.90 Å². The number of hydrogen-bond acceptors (Lipinski definition) is 3. The molecule has 1 aromatic carbocycles. The molecule has 0 spiro atoms. The van der Waals surface area contributed by atoms with E-state index in [-0.39, 0.29) is 6.04 Å². The van der Waals surface area contributed by atoms with Gasteiger partial charge in [-0.25, -0.2) is 0 Å². The topological polar surface area (TPSA) is 32.5 Å². The molecule has 3 nitrogen and oxygen atoms in total. The van der Waals surface area contributed by atoms with Crippen molar-refractivity contribution in [3.63, 3.8) is 0 Å². The minimum Gasteiger partial charge on any atom is -0.371 e. The Morgan fingerprint density at radius 2 is 2.05 bits per heavy atom. The molecule has 0 saturated carbocycles. The molecular formula is C17H28ClN3. The molecule has 0 bridgehead atoms. The van der Waals surface area contributed by atoms with Crippen LogP contribution in [0.5, 0.6) is 0 Å². The van der Waals surface area contributed by atoms with Crippen molar-refractivity contribution in [1.29, 1.82) is 0 Å². The summed E-state index contributed by atoms with van der Waals surface area (Å²) in [6.07, 6.45) is 3.28. The first-order chi connectivity index (χ1) is 10.0. The Morgan fingerprint density at radius 3 is 2.57 bits per heavy atom. The molecule has 1 unspecified atom stereocenters. The van der Waals surface area contributed by atoms with E-state index >= 15 is 0 Å². The Balaban J connectivity index is 2.03. The van der Waals surface area contributed by atoms with Gasteiger partial charge in [-0.2, -0.15) is 0 Å². The third kappa shape index (κ3) is 4.35. The smallest absolute Gasteiger partial charge is 0.0459 e. The van der Waals surface area contributed by atoms with Gasteiger partial charge in [-0.15, -0.1) is 0 Å². The van der Waals surface area contributed by atoms with Crippen LogP contribution in [0.15, 0.2) is 18.2 Å². The van der Waals surface area contributed by atoms with Gasteiger partial charge >= 0.3 is 0 Å². The maximum atomic E-state index is 6.41. The van der Waals surface area contributed by atoms with E-state index in [2.05, 4.69) is 42.0 Å². The van der Waals surface area contributed by atoms with E-state index in [1.54, 1.807) is 0 Å². The molecule has 1 aromatic rings. The lowest BCUT2D eigenvalue weighted by Crippen LogP contribution is -2.43. The van der Waals surface area contributed by atoms with Crippen molar-refractivity contribution < 1.29 is 0 Å². The first kappa shape index (κ1) is 16.6. The van der Waals surface area contributed by atoms with Crippen molar-refractivity contribution in [3.8, 4) is 0 Å². The number of piperidine rings is 1. The van der Waals surface area contributed by atoms with Crippen molar-refractivity contribution in [2.75, 3.05) is 31.6 Å². The van der Waals surface area contributed by atoms with Gasteiger partial charge in [0, 0.05) is 42.9 Å². The molecule has 2 rings (SSSR count). The third-order valence-corrected chi connectivity index (χ3v) is 4.89. The highest BCUT2D eigenvalue weighted by Gasteiger charge is 2.22. The van der Waals surface area contributed by atoms with Crippen LogP contribution < -0.4 is 10.6 Å². The average molecular weight is 310 g/mol. The van der Waals surface area contributed by atoms with Gasteiger partial charge in [0.1, 0.15) is 0 Å². The fourth-order valence-corrected chi connectivity index (χ4v) is 3.35. The summed E-state index contributed by atoms with van der Waals surface area (Å²) in [5.74, 6) is 0. The second-order valence-corrected chi connectivity index (χ2v) is 6.64. The molecule has 2 N–H and O–H groups in total. The highest BCUT2D eigenvalue weighted by atomic mass is 35.5. The molecule has 0 amide bonds. The lowest BCUT2D eigenvalue weighted by molar-refractivity contribution is 0.221. The molecule has 1 atom stereocenters. The second kappa shape index (κ2) is 7.48. The molecule has 1 aliphatic rings. The van der Waals surface area contributed by atoms with Gasteiger partial charge in [0.25, 0.3) is 0 Å². The van der Waals surface area contributed by atoms with E-state index in [1.165, 1.54) is 31.6 Å². The summed E-state index contributed by atoms with van der Waals surface area (Å²) in [7, 11) is 2.18. The van der Waals surface area contributed by atoms with E-state index < -0.39 is 0 Å². The lowest BCUT2D eigenvalue weighted by atomic mass is 10.0. The Labute approximate surface area is 134 Å². The van der Waals surface area contributed by atoms with E-state index in [9.17, 15) is 0 Å². The van der Waals surface area contributed by atoms with Crippen LogP contribution in [0.3, 0.4) is 0 Å². The number of anilines is 1. The fraction of sp³-hybridized carbons (Fsp3) is 0.647. The summed E-state index contributed by atoms with van der Waals surface area (Å²) < 4.78 is 0. The molecular weight excluding hydrogens is 282 g/mol. The number of rotatable bonds is 5. The van der Waals surface area contributed by atoms with Gasteiger partial charge in [0.05, 0.1) is 0 Å². The first-order valence-electron chi connectivity index (χ1n) is 8.00. The van der Waals surface area contributed by atoms with Gasteiger partial charge in [-0.3, -0.25) is 0 Å². The van der Waals surface area contributed by atoms with Gasteiger partial charge < -0.3 is 15.5 Å². The predicted octanol–water partition coefficient (Wildman–Crippen LogP) is 3.15. The third-order valence-electron chi connectivity index (χ3n) is 4.54. The molecule has 118 valence electrons. The number of benzene rings is 1. The summed E-state index contributed by atoms with van der Waals surface area (Å²) in [5, 5.41) is 0.836.